The van der Waals surface area contributed by atoms with E-state index >= 15 is 0 Å². The first-order valence-electron chi connectivity index (χ1n) is 1.60. The molecule has 0 amide bonds. The smallest absolute Gasteiger partial charge is 0.0542 e. The van der Waals surface area contributed by atoms with E-state index in [1.54, 1.807) is 11.8 Å². The van der Waals surface area contributed by atoms with E-state index in [1.807, 2.05) is 5.55 Å². The molecule has 1 nitrogen and oxygen atoms in total. The van der Waals surface area contributed by atoms with Crippen molar-refractivity contribution >= 4 is 17.3 Å². The standard InChI is InChI=1S/C3H5NS.Zr/c1-2-5-3-4-1;/h3H,1-2H2;. The Morgan fingerprint density at radius 3 is 2.67 bits per heavy atom. The first kappa shape index (κ1) is 6.90. The van der Waals surface area contributed by atoms with Crippen LogP contribution in [0.25, 0.3) is 0 Å². The minimum Gasteiger partial charge on any atom is -0.285 e. The van der Waals surface area contributed by atoms with Crippen LogP contribution in [0.1, 0.15) is 0 Å². The zero-order valence-corrected chi connectivity index (χ0v) is 6.62. The Morgan fingerprint density at radius 1 is 1.67 bits per heavy atom. The Kier molecular flexibility index (Phi) is 4.69. The van der Waals surface area contributed by atoms with E-state index in [0.717, 1.165) is 6.54 Å². The van der Waals surface area contributed by atoms with Crippen molar-refractivity contribution in [1.29, 1.82) is 0 Å². The van der Waals surface area contributed by atoms with E-state index in [9.17, 15) is 0 Å². The van der Waals surface area contributed by atoms with Crippen LogP contribution >= 0.6 is 11.8 Å². The molecule has 0 aromatic rings. The molecular formula is C3H5NSZr. The largest absolute Gasteiger partial charge is 0.285 e. The Balaban J connectivity index is 0.000000250. The summed E-state index contributed by atoms with van der Waals surface area (Å²) >= 11 is 1.78. The molecule has 3 heteroatoms. The fourth-order valence-corrected chi connectivity index (χ4v) is 0.791. The Bertz CT molecular complexity index is 48.8. The molecule has 0 unspecified atom stereocenters. The summed E-state index contributed by atoms with van der Waals surface area (Å²) in [6.45, 7) is 1.03. The molecule has 0 saturated heterocycles. The van der Waals surface area contributed by atoms with E-state index in [4.69, 9.17) is 0 Å². The minimum absolute atomic E-state index is 0. The maximum Gasteiger partial charge on any atom is 0.0542 e. The maximum absolute atomic E-state index is 3.92. The van der Waals surface area contributed by atoms with E-state index in [-0.39, 0.29) is 26.2 Å². The van der Waals surface area contributed by atoms with Crippen LogP contribution in [0.15, 0.2) is 4.99 Å². The van der Waals surface area contributed by atoms with Crippen LogP contribution in [0.2, 0.25) is 0 Å². The number of thioether (sulfide) groups is 1. The molecule has 0 spiro atoms. The first-order valence-corrected chi connectivity index (χ1v) is 2.65. The summed E-state index contributed by atoms with van der Waals surface area (Å²) in [4.78, 5) is 3.92. The fraction of sp³-hybridized carbons (Fsp3) is 0.667. The van der Waals surface area contributed by atoms with Crippen LogP contribution in [0.5, 0.6) is 0 Å². The molecule has 0 N–H and O–H groups in total. The first-order chi connectivity index (χ1) is 2.50. The van der Waals surface area contributed by atoms with Crippen molar-refractivity contribution in [1.82, 2.24) is 0 Å². The predicted octanol–water partition coefficient (Wildman–Crippen LogP) is 0.759. The summed E-state index contributed by atoms with van der Waals surface area (Å²) in [6.07, 6.45) is 0. The zero-order chi connectivity index (χ0) is 3.54. The Morgan fingerprint density at radius 2 is 2.50 bits per heavy atom. The van der Waals surface area contributed by atoms with Crippen LogP contribution < -0.4 is 0 Å². The number of nitrogens with zero attached hydrogens (tertiary/aromatic N) is 1. The van der Waals surface area contributed by atoms with Crippen molar-refractivity contribution < 1.29 is 26.2 Å². The van der Waals surface area contributed by atoms with Crippen molar-refractivity contribution in [2.45, 2.75) is 0 Å². The molecule has 0 aliphatic carbocycles. The molecule has 1 heterocycles. The molecule has 0 atom stereocenters. The van der Waals surface area contributed by atoms with E-state index < -0.39 is 0 Å². The zero-order valence-electron chi connectivity index (χ0n) is 3.35. The van der Waals surface area contributed by atoms with Gasteiger partial charge in [-0.25, -0.2) is 0 Å². The molecule has 0 aromatic heterocycles. The van der Waals surface area contributed by atoms with Crippen molar-refractivity contribution in [3.8, 4) is 0 Å². The second kappa shape index (κ2) is 4.07. The van der Waals surface area contributed by atoms with Gasteiger partial charge in [-0.15, -0.1) is 11.8 Å². The van der Waals surface area contributed by atoms with Gasteiger partial charge in [0, 0.05) is 38.5 Å². The van der Waals surface area contributed by atoms with E-state index in [0.29, 0.717) is 0 Å². The Hall–Kier alpha value is 0.903. The number of hydrogen-bond donors (Lipinski definition) is 0. The summed E-state index contributed by atoms with van der Waals surface area (Å²) in [7, 11) is 0. The third kappa shape index (κ3) is 2.14. The van der Waals surface area contributed by atoms with Crippen LogP contribution in [0.3, 0.4) is 0 Å². The van der Waals surface area contributed by atoms with Gasteiger partial charge in [-0.05, 0) is 0 Å². The Labute approximate surface area is 60.7 Å². The number of rotatable bonds is 0. The van der Waals surface area contributed by atoms with Crippen LogP contribution in [0, 0.1) is 0 Å². The van der Waals surface area contributed by atoms with Gasteiger partial charge in [0.05, 0.1) is 5.55 Å². The maximum atomic E-state index is 3.92. The monoisotopic (exact) mass is 177 g/mol. The third-order valence-corrected chi connectivity index (χ3v) is 1.20. The normalized spacial score (nSPS) is 17.3. The minimum atomic E-state index is 0. The summed E-state index contributed by atoms with van der Waals surface area (Å²) < 4.78 is 0. The molecule has 0 bridgehead atoms. The van der Waals surface area contributed by atoms with Gasteiger partial charge in [0.25, 0.3) is 0 Å². The van der Waals surface area contributed by atoms with Gasteiger partial charge in [0.2, 0.25) is 0 Å². The van der Waals surface area contributed by atoms with Gasteiger partial charge in [-0.3, -0.25) is 4.99 Å². The summed E-state index contributed by atoms with van der Waals surface area (Å²) in [5.74, 6) is 1.19. The predicted molar refractivity (Wildman–Crippen MR) is 25.8 cm³/mol. The number of hydrogen-bond acceptors (Lipinski definition) is 2. The van der Waals surface area contributed by atoms with E-state index in [2.05, 4.69) is 4.99 Å². The average molecular weight is 178 g/mol. The quantitative estimate of drug-likeness (QED) is 0.533. The third-order valence-electron chi connectivity index (χ3n) is 0.487. The molecule has 6 heavy (non-hydrogen) atoms. The number of aliphatic imine (C=N–C) groups is 1. The molecule has 1 aliphatic heterocycles. The van der Waals surface area contributed by atoms with Gasteiger partial charge in [0.1, 0.15) is 0 Å². The van der Waals surface area contributed by atoms with Crippen molar-refractivity contribution in [2.75, 3.05) is 12.3 Å². The van der Waals surface area contributed by atoms with Crippen molar-refractivity contribution in [3.63, 3.8) is 0 Å². The van der Waals surface area contributed by atoms with Crippen molar-refractivity contribution in [2.24, 2.45) is 4.99 Å². The topological polar surface area (TPSA) is 12.4 Å². The van der Waals surface area contributed by atoms with Crippen LogP contribution in [-0.2, 0) is 26.2 Å². The molecular weight excluding hydrogens is 173 g/mol. The second-order valence-corrected chi connectivity index (χ2v) is 1.83. The molecule has 32 valence electrons. The summed E-state index contributed by atoms with van der Waals surface area (Å²) in [6, 6.07) is 0. The van der Waals surface area contributed by atoms with Gasteiger partial charge < -0.3 is 0 Å². The molecule has 0 saturated carbocycles. The summed E-state index contributed by atoms with van der Waals surface area (Å²) in [5, 5.41) is 0. The molecule has 1 rings (SSSR count). The fourth-order valence-electron chi connectivity index (χ4n) is 0.264. The van der Waals surface area contributed by atoms with Gasteiger partial charge in [-0.1, -0.05) is 0 Å². The van der Waals surface area contributed by atoms with Gasteiger partial charge in [-0.2, -0.15) is 0 Å². The average Bonchev–Trinajstić information content (AvgIpc) is 1.76. The molecule has 0 aromatic carbocycles. The van der Waals surface area contributed by atoms with Gasteiger partial charge >= 0.3 is 0 Å². The molecule has 1 aliphatic rings. The van der Waals surface area contributed by atoms with E-state index in [1.165, 1.54) is 5.75 Å². The molecule has 0 radical (unpaired) electrons. The second-order valence-electron chi connectivity index (χ2n) is 0.882. The SMILES string of the molecule is C1=NCCS1.[Zr]. The molecule has 0 fully saturated rings. The summed E-state index contributed by atoms with van der Waals surface area (Å²) in [5.41, 5.74) is 1.90. The van der Waals surface area contributed by atoms with Crippen molar-refractivity contribution in [3.05, 3.63) is 0 Å². The van der Waals surface area contributed by atoms with Gasteiger partial charge in [0.15, 0.2) is 0 Å². The van der Waals surface area contributed by atoms with Crippen LogP contribution in [-0.4, -0.2) is 17.8 Å². The van der Waals surface area contributed by atoms with Crippen LogP contribution in [0.4, 0.5) is 0 Å².